The number of aromatic nitrogens is 1. The molecule has 2 aliphatic heterocycles. The molecule has 1 aromatic heterocycles. The number of amides is 1. The Bertz CT molecular complexity index is 1540. The molecule has 0 saturated carbocycles. The number of hydrogen-bond acceptors (Lipinski definition) is 5. The van der Waals surface area contributed by atoms with Crippen LogP contribution in [0.5, 0.6) is 5.75 Å². The van der Waals surface area contributed by atoms with Gasteiger partial charge in [0.05, 0.1) is 18.7 Å². The van der Waals surface area contributed by atoms with Gasteiger partial charge in [-0.25, -0.2) is 4.79 Å². The molecule has 1 saturated heterocycles. The minimum atomic E-state index is -2.54. The number of hydrogen-bond donors (Lipinski definition) is 1. The Labute approximate surface area is 229 Å². The molecule has 2 N–H and O–H groups in total. The highest BCUT2D eigenvalue weighted by molar-refractivity contribution is 7.02. The molecule has 1 amide bonds. The van der Waals surface area contributed by atoms with Crippen LogP contribution in [-0.4, -0.2) is 42.9 Å². The second-order valence-corrected chi connectivity index (χ2v) is 16.0. The second-order valence-electron chi connectivity index (χ2n) is 11.4. The minimum Gasteiger partial charge on any atom is -0.496 e. The lowest BCUT2D eigenvalue weighted by atomic mass is 10.1. The van der Waals surface area contributed by atoms with E-state index in [4.69, 9.17) is 15.2 Å². The second kappa shape index (κ2) is 9.10. The number of nitrogens with zero attached hydrogens (tertiary/aromatic N) is 2. The summed E-state index contributed by atoms with van der Waals surface area (Å²) in [6, 6.07) is 25.9. The van der Waals surface area contributed by atoms with Crippen molar-refractivity contribution in [2.75, 3.05) is 7.11 Å². The van der Waals surface area contributed by atoms with Crippen LogP contribution in [0.3, 0.4) is 0 Å². The van der Waals surface area contributed by atoms with Gasteiger partial charge >= 0.3 is 6.09 Å². The zero-order valence-electron chi connectivity index (χ0n) is 22.7. The highest BCUT2D eigenvalue weighted by Gasteiger charge is 2.68. The maximum atomic E-state index is 11.8. The van der Waals surface area contributed by atoms with Crippen LogP contribution in [0.2, 0.25) is 5.04 Å². The zero-order valence-corrected chi connectivity index (χ0v) is 23.7. The molecule has 0 bridgehead atoms. The van der Waals surface area contributed by atoms with Gasteiger partial charge < -0.3 is 24.3 Å². The fraction of sp³-hybridized carbons (Fsp3) is 0.290. The van der Waals surface area contributed by atoms with Crippen molar-refractivity contribution in [1.82, 2.24) is 9.13 Å². The van der Waals surface area contributed by atoms with E-state index in [1.54, 1.807) is 13.2 Å². The first kappa shape index (κ1) is 25.4. The molecule has 2 aliphatic rings. The first-order chi connectivity index (χ1) is 18.7. The van der Waals surface area contributed by atoms with Crippen LogP contribution >= 0.6 is 0 Å². The minimum absolute atomic E-state index is 0.0385. The Hall–Kier alpha value is -3.88. The van der Waals surface area contributed by atoms with E-state index in [0.29, 0.717) is 11.3 Å². The van der Waals surface area contributed by atoms with Crippen LogP contribution < -0.4 is 20.8 Å². The Kier molecular flexibility index (Phi) is 5.93. The highest BCUT2D eigenvalue weighted by Crippen LogP contribution is 2.60. The number of methoxy groups -OCH3 is 1. The molecule has 0 radical (unpaired) electrons. The average molecular weight is 540 g/mol. The van der Waals surface area contributed by atoms with Gasteiger partial charge in [0.2, 0.25) is 0 Å². The quantitative estimate of drug-likeness (QED) is 0.214. The molecule has 3 aromatic carbocycles. The third-order valence-electron chi connectivity index (χ3n) is 8.45. The summed E-state index contributed by atoms with van der Waals surface area (Å²) < 4.78 is 16.2. The number of carbonyl (C=O) groups is 2. The summed E-state index contributed by atoms with van der Waals surface area (Å²) in [7, 11) is -0.939. The van der Waals surface area contributed by atoms with Gasteiger partial charge in [-0.1, -0.05) is 81.4 Å². The third kappa shape index (κ3) is 3.66. The standard InChI is InChI=1S/C31H33N3O4Si/c1-31(2,3)39(21-11-7-5-8-12-21,22-13-9-6-10-14-22)34-25-17-33-24-15-20(18-35)16-26(37-4)27(24)23(19-38-30(32)36)28(33)29(25)34/h5-16,18,25,29H,17,19H2,1-4H3,(H2,32,36)/t25-,29-,34?/m0/s1. The topological polar surface area (TPSA) is 86.6 Å². The first-order valence-electron chi connectivity index (χ1n) is 13.2. The monoisotopic (exact) mass is 539 g/mol. The van der Waals surface area contributed by atoms with Crippen LogP contribution in [0.1, 0.15) is 48.4 Å². The molecule has 3 atom stereocenters. The van der Waals surface area contributed by atoms with Gasteiger partial charge in [0.25, 0.3) is 0 Å². The van der Waals surface area contributed by atoms with E-state index in [9.17, 15) is 9.59 Å². The first-order valence-corrected chi connectivity index (χ1v) is 15.2. The Balaban J connectivity index is 1.60. The number of primary amides is 1. The van der Waals surface area contributed by atoms with Gasteiger partial charge in [-0.15, -0.1) is 0 Å². The van der Waals surface area contributed by atoms with E-state index in [1.165, 1.54) is 10.4 Å². The van der Waals surface area contributed by atoms with Gasteiger partial charge in [-0.3, -0.25) is 4.79 Å². The number of aldehydes is 1. The number of ether oxygens (including phenoxy) is 2. The van der Waals surface area contributed by atoms with E-state index in [-0.39, 0.29) is 23.7 Å². The van der Waals surface area contributed by atoms with E-state index in [2.05, 4.69) is 90.6 Å². The van der Waals surface area contributed by atoms with Crippen molar-refractivity contribution in [1.29, 1.82) is 0 Å². The lowest BCUT2D eigenvalue weighted by Crippen LogP contribution is -2.70. The summed E-state index contributed by atoms with van der Waals surface area (Å²) >= 11 is 0. The van der Waals surface area contributed by atoms with Crippen molar-refractivity contribution in [3.63, 3.8) is 0 Å². The fourth-order valence-electron chi connectivity index (χ4n) is 7.11. The molecule has 1 unspecified atom stereocenters. The lowest BCUT2D eigenvalue weighted by Gasteiger charge is -2.46. The molecule has 0 aliphatic carbocycles. The molecule has 39 heavy (non-hydrogen) atoms. The van der Waals surface area contributed by atoms with Crippen LogP contribution in [-0.2, 0) is 17.9 Å². The summed E-state index contributed by atoms with van der Waals surface area (Å²) in [6.07, 6.45) is 0.0204. The summed E-state index contributed by atoms with van der Waals surface area (Å²) in [5, 5.41) is 3.57. The van der Waals surface area contributed by atoms with E-state index >= 15 is 0 Å². The molecule has 1 fully saturated rings. The summed E-state index contributed by atoms with van der Waals surface area (Å²) in [5.74, 6) is 0.591. The van der Waals surface area contributed by atoms with Crippen LogP contribution in [0.4, 0.5) is 4.79 Å². The van der Waals surface area contributed by atoms with Crippen LogP contribution in [0, 0.1) is 0 Å². The van der Waals surface area contributed by atoms with Crippen molar-refractivity contribution in [2.45, 2.75) is 51.0 Å². The summed E-state index contributed by atoms with van der Waals surface area (Å²) in [4.78, 5) is 23.5. The number of carbonyl (C=O) groups excluding carboxylic acids is 2. The van der Waals surface area contributed by atoms with E-state index in [1.807, 2.05) is 6.07 Å². The number of nitrogens with two attached hydrogens (primary N) is 1. The van der Waals surface area contributed by atoms with Gasteiger partial charge in [-0.05, 0) is 27.5 Å². The summed E-state index contributed by atoms with van der Waals surface area (Å²) in [6.45, 7) is 7.91. The van der Waals surface area contributed by atoms with E-state index in [0.717, 1.165) is 35.0 Å². The van der Waals surface area contributed by atoms with Crippen molar-refractivity contribution in [3.8, 4) is 5.75 Å². The smallest absolute Gasteiger partial charge is 0.404 e. The number of rotatable bonds is 7. The Morgan fingerprint density at radius 1 is 1.05 bits per heavy atom. The molecule has 6 rings (SSSR count). The number of benzene rings is 3. The van der Waals surface area contributed by atoms with Gasteiger partial charge in [0.15, 0.2) is 8.24 Å². The van der Waals surface area contributed by atoms with Crippen molar-refractivity contribution >= 4 is 41.9 Å². The maximum Gasteiger partial charge on any atom is 0.404 e. The van der Waals surface area contributed by atoms with Gasteiger partial charge in [0, 0.05) is 34.8 Å². The Morgan fingerprint density at radius 2 is 1.67 bits per heavy atom. The molecule has 0 spiro atoms. The zero-order chi connectivity index (χ0) is 27.5. The van der Waals surface area contributed by atoms with Crippen LogP contribution in [0.15, 0.2) is 72.8 Å². The maximum absolute atomic E-state index is 11.8. The molecule has 200 valence electrons. The van der Waals surface area contributed by atoms with Crippen LogP contribution in [0.25, 0.3) is 10.9 Å². The molecular weight excluding hydrogens is 506 g/mol. The Morgan fingerprint density at radius 3 is 2.18 bits per heavy atom. The fourth-order valence-corrected chi connectivity index (χ4v) is 13.3. The summed E-state index contributed by atoms with van der Waals surface area (Å²) in [5.41, 5.74) is 8.90. The normalized spacial score (nSPS) is 19.8. The predicted molar refractivity (Wildman–Crippen MR) is 154 cm³/mol. The molecule has 8 heteroatoms. The lowest BCUT2D eigenvalue weighted by molar-refractivity contribution is 0.112. The molecule has 3 heterocycles. The number of fused-ring (bicyclic) bond motifs is 5. The van der Waals surface area contributed by atoms with Crippen molar-refractivity contribution in [2.24, 2.45) is 5.73 Å². The van der Waals surface area contributed by atoms with E-state index < -0.39 is 14.3 Å². The van der Waals surface area contributed by atoms with Gasteiger partial charge in [0.1, 0.15) is 18.6 Å². The predicted octanol–water partition coefficient (Wildman–Crippen LogP) is 4.36. The highest BCUT2D eigenvalue weighted by atomic mass is 28.3. The third-order valence-corrected chi connectivity index (χ3v) is 14.3. The molecule has 7 nitrogen and oxygen atoms in total. The largest absolute Gasteiger partial charge is 0.496 e. The van der Waals surface area contributed by atoms with Gasteiger partial charge in [-0.2, -0.15) is 0 Å². The van der Waals surface area contributed by atoms with Crippen molar-refractivity contribution < 1.29 is 19.1 Å². The molecule has 4 aromatic rings. The SMILES string of the molecule is COc1cc(C=O)cc2c1c(COC(N)=O)c1n2C[C@H]2[C@@H]1N2[Si](c1ccccc1)(c1ccccc1)C(C)(C)C. The molecular formula is C31H33N3O4Si. The average Bonchev–Trinajstić information content (AvgIpc) is 3.32. The van der Waals surface area contributed by atoms with Crippen molar-refractivity contribution in [3.05, 3.63) is 89.6 Å².